The molecular weight excluding hydrogens is 263 g/mol. The molecule has 0 saturated heterocycles. The summed E-state index contributed by atoms with van der Waals surface area (Å²) in [5.74, 6) is 0. The maximum atomic E-state index is 4.57. The van der Waals surface area contributed by atoms with Gasteiger partial charge in [0.1, 0.15) is 0 Å². The molecule has 76 valence electrons. The van der Waals surface area contributed by atoms with E-state index in [1.807, 2.05) is 12.4 Å². The van der Waals surface area contributed by atoms with E-state index in [-0.39, 0.29) is 0 Å². The van der Waals surface area contributed by atoms with Gasteiger partial charge in [-0.2, -0.15) is 0 Å². The maximum absolute atomic E-state index is 4.57. The second kappa shape index (κ2) is 2.97. The van der Waals surface area contributed by atoms with Gasteiger partial charge in [-0.25, -0.2) is 0 Å². The molecule has 0 aliphatic rings. The molecule has 2 nitrogen and oxygen atoms in total. The van der Waals surface area contributed by atoms with Gasteiger partial charge in [-0.3, -0.25) is 0 Å². The Balaban J connectivity index is 2.42. The SMILES string of the molecule is c1ccc2c(c1)[se]c1ncc3[nH]ccc3c12. The molecule has 0 spiro atoms. The van der Waals surface area contributed by atoms with E-state index in [0.717, 1.165) is 5.52 Å². The fraction of sp³-hybridized carbons (Fsp3) is 0. The molecular formula is C13H8N2Se. The van der Waals surface area contributed by atoms with Crippen LogP contribution in [0.25, 0.3) is 30.3 Å². The predicted octanol–water partition coefficient (Wildman–Crippen LogP) is 2.93. The van der Waals surface area contributed by atoms with Crippen LogP contribution in [0.15, 0.2) is 42.7 Å². The van der Waals surface area contributed by atoms with Crippen molar-refractivity contribution < 1.29 is 0 Å². The summed E-state index contributed by atoms with van der Waals surface area (Å²) >= 11 is 0.372. The number of benzene rings is 1. The summed E-state index contributed by atoms with van der Waals surface area (Å²) in [7, 11) is 0. The van der Waals surface area contributed by atoms with Crippen LogP contribution in [0.3, 0.4) is 0 Å². The van der Waals surface area contributed by atoms with E-state index in [0.29, 0.717) is 14.5 Å². The molecule has 3 aromatic heterocycles. The molecule has 0 atom stereocenters. The summed E-state index contributed by atoms with van der Waals surface area (Å²) in [6.45, 7) is 0. The fourth-order valence-corrected chi connectivity index (χ4v) is 4.44. The fourth-order valence-electron chi connectivity index (χ4n) is 2.21. The number of nitrogens with one attached hydrogen (secondary N) is 1. The van der Waals surface area contributed by atoms with E-state index in [1.54, 1.807) is 0 Å². The Labute approximate surface area is 97.7 Å². The van der Waals surface area contributed by atoms with E-state index in [2.05, 4.69) is 40.3 Å². The molecule has 4 aromatic rings. The number of aromatic amines is 1. The van der Waals surface area contributed by atoms with Gasteiger partial charge in [0.05, 0.1) is 0 Å². The van der Waals surface area contributed by atoms with Crippen molar-refractivity contribution in [3.8, 4) is 0 Å². The van der Waals surface area contributed by atoms with Gasteiger partial charge in [0, 0.05) is 0 Å². The molecule has 0 radical (unpaired) electrons. The quantitative estimate of drug-likeness (QED) is 0.489. The molecule has 0 unspecified atom stereocenters. The number of nitrogens with zero attached hydrogens (tertiary/aromatic N) is 1. The summed E-state index contributed by atoms with van der Waals surface area (Å²) in [5, 5.41) is 4.02. The normalized spacial score (nSPS) is 11.8. The molecule has 16 heavy (non-hydrogen) atoms. The Kier molecular flexibility index (Phi) is 1.59. The molecule has 0 fully saturated rings. The van der Waals surface area contributed by atoms with Crippen LogP contribution >= 0.6 is 0 Å². The van der Waals surface area contributed by atoms with Crippen LogP contribution in [0, 0.1) is 0 Å². The van der Waals surface area contributed by atoms with E-state index < -0.39 is 0 Å². The number of H-pyrrole nitrogens is 1. The summed E-state index contributed by atoms with van der Waals surface area (Å²) in [4.78, 5) is 7.80. The summed E-state index contributed by atoms with van der Waals surface area (Å²) < 4.78 is 2.71. The summed E-state index contributed by atoms with van der Waals surface area (Å²) in [6.07, 6.45) is 3.93. The predicted molar refractivity (Wildman–Crippen MR) is 68.0 cm³/mol. The molecule has 3 heterocycles. The standard InChI is InChI=1S/C13H8N2Se/c1-2-4-11-9(3-1)12-8-5-6-14-10(8)7-15-13(12)16-11/h1-7,14H. The van der Waals surface area contributed by atoms with Gasteiger partial charge in [0.15, 0.2) is 0 Å². The number of fused-ring (bicyclic) bond motifs is 5. The monoisotopic (exact) mass is 272 g/mol. The zero-order valence-electron chi connectivity index (χ0n) is 8.40. The number of hydrogen-bond donors (Lipinski definition) is 1. The van der Waals surface area contributed by atoms with Gasteiger partial charge in [-0.15, -0.1) is 0 Å². The van der Waals surface area contributed by atoms with Crippen LogP contribution in [-0.2, 0) is 0 Å². The average molecular weight is 271 g/mol. The third-order valence-electron chi connectivity index (χ3n) is 2.94. The Bertz CT molecular complexity index is 810. The molecule has 0 amide bonds. The van der Waals surface area contributed by atoms with Crippen LogP contribution < -0.4 is 0 Å². The van der Waals surface area contributed by atoms with Crippen molar-refractivity contribution >= 4 is 44.8 Å². The van der Waals surface area contributed by atoms with E-state index in [1.165, 1.54) is 24.8 Å². The Hall–Kier alpha value is -1.57. The summed E-state index contributed by atoms with van der Waals surface area (Å²) in [6, 6.07) is 10.8. The van der Waals surface area contributed by atoms with Crippen LogP contribution in [0.2, 0.25) is 0 Å². The average Bonchev–Trinajstić information content (AvgIpc) is 2.91. The molecule has 0 bridgehead atoms. The Morgan fingerprint density at radius 1 is 1.06 bits per heavy atom. The number of aromatic nitrogens is 2. The van der Waals surface area contributed by atoms with Crippen molar-refractivity contribution in [2.45, 2.75) is 0 Å². The first-order valence-electron chi connectivity index (χ1n) is 5.17. The number of hydrogen-bond acceptors (Lipinski definition) is 1. The van der Waals surface area contributed by atoms with Crippen molar-refractivity contribution in [3.05, 3.63) is 42.7 Å². The van der Waals surface area contributed by atoms with Crippen LogP contribution in [-0.4, -0.2) is 24.5 Å². The van der Waals surface area contributed by atoms with Gasteiger partial charge in [-0.1, -0.05) is 0 Å². The van der Waals surface area contributed by atoms with Gasteiger partial charge in [-0.05, 0) is 0 Å². The van der Waals surface area contributed by atoms with Crippen LogP contribution in [0.4, 0.5) is 0 Å². The topological polar surface area (TPSA) is 28.7 Å². The van der Waals surface area contributed by atoms with Crippen molar-refractivity contribution in [1.29, 1.82) is 0 Å². The van der Waals surface area contributed by atoms with Gasteiger partial charge in [0.25, 0.3) is 0 Å². The first kappa shape index (κ1) is 8.57. The molecule has 3 heteroatoms. The van der Waals surface area contributed by atoms with Gasteiger partial charge < -0.3 is 0 Å². The summed E-state index contributed by atoms with van der Waals surface area (Å²) in [5.41, 5.74) is 1.13. The van der Waals surface area contributed by atoms with Crippen molar-refractivity contribution in [3.63, 3.8) is 0 Å². The molecule has 1 aromatic carbocycles. The molecule has 0 saturated carbocycles. The van der Waals surface area contributed by atoms with Gasteiger partial charge >= 0.3 is 97.5 Å². The van der Waals surface area contributed by atoms with E-state index in [4.69, 9.17) is 0 Å². The van der Waals surface area contributed by atoms with E-state index in [9.17, 15) is 0 Å². The first-order valence-corrected chi connectivity index (χ1v) is 6.88. The van der Waals surface area contributed by atoms with Crippen molar-refractivity contribution in [1.82, 2.24) is 9.97 Å². The van der Waals surface area contributed by atoms with Crippen molar-refractivity contribution in [2.75, 3.05) is 0 Å². The second-order valence-corrected chi connectivity index (χ2v) is 6.00. The minimum absolute atomic E-state index is 0.372. The Morgan fingerprint density at radius 2 is 2.00 bits per heavy atom. The van der Waals surface area contributed by atoms with Crippen LogP contribution in [0.5, 0.6) is 0 Å². The molecule has 0 aliphatic heterocycles. The zero-order chi connectivity index (χ0) is 10.5. The zero-order valence-corrected chi connectivity index (χ0v) is 10.1. The third-order valence-corrected chi connectivity index (χ3v) is 5.20. The first-order chi connectivity index (χ1) is 7.93. The molecule has 4 rings (SSSR count). The molecule has 1 N–H and O–H groups in total. The number of pyridine rings is 1. The Morgan fingerprint density at radius 3 is 3.00 bits per heavy atom. The van der Waals surface area contributed by atoms with E-state index >= 15 is 0 Å². The van der Waals surface area contributed by atoms with Crippen LogP contribution in [0.1, 0.15) is 0 Å². The van der Waals surface area contributed by atoms with Crippen molar-refractivity contribution in [2.24, 2.45) is 0 Å². The molecule has 0 aliphatic carbocycles. The number of rotatable bonds is 0. The minimum atomic E-state index is 0.372. The second-order valence-electron chi connectivity index (χ2n) is 3.84. The van der Waals surface area contributed by atoms with Gasteiger partial charge in [0.2, 0.25) is 0 Å². The third kappa shape index (κ3) is 0.993.